The lowest BCUT2D eigenvalue weighted by molar-refractivity contribution is 0.600. The van der Waals surface area contributed by atoms with Crippen LogP contribution in [-0.2, 0) is 10.0 Å². The normalized spacial score (nSPS) is 11.2. The van der Waals surface area contributed by atoms with Gasteiger partial charge >= 0.3 is 0 Å². The van der Waals surface area contributed by atoms with Crippen LogP contribution in [0.2, 0.25) is 0 Å². The molecule has 1 aromatic heterocycles. The highest BCUT2D eigenvalue weighted by Gasteiger charge is 2.18. The summed E-state index contributed by atoms with van der Waals surface area (Å²) in [4.78, 5) is 4.00. The molecule has 0 saturated heterocycles. The molecule has 0 saturated carbocycles. The number of aromatic nitrogens is 1. The van der Waals surface area contributed by atoms with Crippen LogP contribution in [0.3, 0.4) is 0 Å². The van der Waals surface area contributed by atoms with Crippen molar-refractivity contribution in [2.75, 3.05) is 4.72 Å². The Kier molecular flexibility index (Phi) is 4.04. The fraction of sp³-hybridized carbons (Fsp3) is 0. The van der Waals surface area contributed by atoms with Crippen LogP contribution >= 0.6 is 31.9 Å². The quantitative estimate of drug-likeness (QED) is 0.872. The zero-order chi connectivity index (χ0) is 13.2. The second-order valence-electron chi connectivity index (χ2n) is 3.42. The van der Waals surface area contributed by atoms with Crippen molar-refractivity contribution in [3.8, 4) is 0 Å². The first kappa shape index (κ1) is 13.5. The molecule has 0 atom stereocenters. The predicted molar refractivity (Wildman–Crippen MR) is 76.9 cm³/mol. The van der Waals surface area contributed by atoms with Crippen LogP contribution in [0.4, 0.5) is 5.69 Å². The van der Waals surface area contributed by atoms with Gasteiger partial charge in [-0.3, -0.25) is 9.71 Å². The number of sulfonamides is 1. The smallest absolute Gasteiger partial charge is 0.263 e. The summed E-state index contributed by atoms with van der Waals surface area (Å²) in [6.45, 7) is 0. The van der Waals surface area contributed by atoms with Crippen LogP contribution in [-0.4, -0.2) is 13.4 Å². The van der Waals surface area contributed by atoms with Crippen LogP contribution in [0.5, 0.6) is 0 Å². The highest BCUT2D eigenvalue weighted by Crippen LogP contribution is 2.27. The number of rotatable bonds is 3. The first-order valence-corrected chi connectivity index (χ1v) is 7.94. The molecule has 0 spiro atoms. The van der Waals surface area contributed by atoms with E-state index in [2.05, 4.69) is 41.6 Å². The zero-order valence-corrected chi connectivity index (χ0v) is 13.0. The molecule has 0 aliphatic rings. The molecule has 0 aliphatic carbocycles. The Hall–Kier alpha value is -0.920. The van der Waals surface area contributed by atoms with Crippen molar-refractivity contribution >= 4 is 47.6 Å². The average molecular weight is 392 g/mol. The van der Waals surface area contributed by atoms with E-state index in [1.165, 1.54) is 18.5 Å². The summed E-state index contributed by atoms with van der Waals surface area (Å²) in [5.41, 5.74) is 0.469. The lowest BCUT2D eigenvalue weighted by atomic mass is 10.4. The molecule has 18 heavy (non-hydrogen) atoms. The lowest BCUT2D eigenvalue weighted by Gasteiger charge is -2.09. The van der Waals surface area contributed by atoms with Gasteiger partial charge in [-0.2, -0.15) is 0 Å². The molecule has 0 unspecified atom stereocenters. The second-order valence-corrected chi connectivity index (χ2v) is 6.84. The van der Waals surface area contributed by atoms with E-state index in [9.17, 15) is 8.42 Å². The maximum Gasteiger partial charge on any atom is 0.263 e. The molecule has 0 aliphatic heterocycles. The Balaban J connectivity index is 2.40. The zero-order valence-electron chi connectivity index (χ0n) is 8.97. The molecule has 1 aromatic carbocycles. The largest absolute Gasteiger partial charge is 0.279 e. The molecule has 7 heteroatoms. The SMILES string of the molecule is O=S(=O)(Nc1ccncc1)c1cc(Br)ccc1Br. The van der Waals surface area contributed by atoms with Gasteiger partial charge in [-0.15, -0.1) is 0 Å². The molecule has 0 radical (unpaired) electrons. The highest BCUT2D eigenvalue weighted by molar-refractivity contribution is 9.11. The summed E-state index contributed by atoms with van der Waals surface area (Å²) in [5.74, 6) is 0. The van der Waals surface area contributed by atoms with Crippen molar-refractivity contribution in [1.82, 2.24) is 4.98 Å². The summed E-state index contributed by atoms with van der Waals surface area (Å²) in [7, 11) is -3.62. The molecular weight excluding hydrogens is 384 g/mol. The predicted octanol–water partition coefficient (Wildman–Crippen LogP) is 3.41. The minimum atomic E-state index is -3.62. The second kappa shape index (κ2) is 5.38. The van der Waals surface area contributed by atoms with Crippen molar-refractivity contribution in [1.29, 1.82) is 0 Å². The molecule has 0 bridgehead atoms. The maximum atomic E-state index is 12.2. The molecule has 1 N–H and O–H groups in total. The van der Waals surface area contributed by atoms with Gasteiger partial charge in [0.25, 0.3) is 10.0 Å². The fourth-order valence-electron chi connectivity index (χ4n) is 1.31. The molecule has 0 fully saturated rings. The standard InChI is InChI=1S/C11H8Br2N2O2S/c12-8-1-2-10(13)11(7-8)18(16,17)15-9-3-5-14-6-4-9/h1-7H,(H,14,15). The maximum absolute atomic E-state index is 12.2. The highest BCUT2D eigenvalue weighted by atomic mass is 79.9. The number of anilines is 1. The Morgan fingerprint density at radius 1 is 1.06 bits per heavy atom. The van der Waals surface area contributed by atoms with E-state index in [1.54, 1.807) is 24.3 Å². The number of pyridine rings is 1. The van der Waals surface area contributed by atoms with Crippen LogP contribution in [0.25, 0.3) is 0 Å². The van der Waals surface area contributed by atoms with Gasteiger partial charge in [0.15, 0.2) is 0 Å². The van der Waals surface area contributed by atoms with Crippen LogP contribution in [0.15, 0.2) is 56.6 Å². The Morgan fingerprint density at radius 3 is 2.39 bits per heavy atom. The van der Waals surface area contributed by atoms with E-state index in [-0.39, 0.29) is 4.90 Å². The first-order chi connectivity index (χ1) is 8.49. The number of nitrogens with one attached hydrogen (secondary N) is 1. The van der Waals surface area contributed by atoms with E-state index in [0.717, 1.165) is 0 Å². The average Bonchev–Trinajstić information content (AvgIpc) is 2.33. The lowest BCUT2D eigenvalue weighted by Crippen LogP contribution is -2.13. The van der Waals surface area contributed by atoms with Crippen molar-refractivity contribution in [3.05, 3.63) is 51.7 Å². The number of nitrogens with zero attached hydrogens (tertiary/aromatic N) is 1. The van der Waals surface area contributed by atoms with E-state index in [4.69, 9.17) is 0 Å². The first-order valence-electron chi connectivity index (χ1n) is 4.87. The van der Waals surface area contributed by atoms with Crippen molar-refractivity contribution in [2.24, 2.45) is 0 Å². The Labute approximate surface area is 122 Å². The van der Waals surface area contributed by atoms with E-state index in [0.29, 0.717) is 14.6 Å². The van der Waals surface area contributed by atoms with E-state index in [1.807, 2.05) is 0 Å². The van der Waals surface area contributed by atoms with Crippen molar-refractivity contribution in [3.63, 3.8) is 0 Å². The number of benzene rings is 1. The van der Waals surface area contributed by atoms with E-state index >= 15 is 0 Å². The summed E-state index contributed by atoms with van der Waals surface area (Å²) in [6.07, 6.45) is 3.04. The third kappa shape index (κ3) is 3.09. The summed E-state index contributed by atoms with van der Waals surface area (Å²) in [6, 6.07) is 8.14. The van der Waals surface area contributed by atoms with Crippen LogP contribution < -0.4 is 4.72 Å². The van der Waals surface area contributed by atoms with Gasteiger partial charge in [-0.05, 0) is 46.3 Å². The molecule has 2 rings (SSSR count). The molecular formula is C11H8Br2N2O2S. The molecule has 94 valence electrons. The van der Waals surface area contributed by atoms with Gasteiger partial charge in [0.1, 0.15) is 4.90 Å². The van der Waals surface area contributed by atoms with Gasteiger partial charge in [0.05, 0.1) is 5.69 Å². The summed E-state index contributed by atoms with van der Waals surface area (Å²) < 4.78 is 28.1. The van der Waals surface area contributed by atoms with Crippen molar-refractivity contribution in [2.45, 2.75) is 4.90 Å². The topological polar surface area (TPSA) is 59.1 Å². The van der Waals surface area contributed by atoms with Gasteiger partial charge in [-0.1, -0.05) is 15.9 Å². The van der Waals surface area contributed by atoms with E-state index < -0.39 is 10.0 Å². The van der Waals surface area contributed by atoms with Gasteiger partial charge in [0, 0.05) is 21.3 Å². The molecule has 2 aromatic rings. The minimum absolute atomic E-state index is 0.175. The molecule has 1 heterocycles. The monoisotopic (exact) mass is 390 g/mol. The number of hydrogen-bond donors (Lipinski definition) is 1. The Morgan fingerprint density at radius 2 is 1.72 bits per heavy atom. The number of hydrogen-bond acceptors (Lipinski definition) is 3. The summed E-state index contributed by atoms with van der Waals surface area (Å²) >= 11 is 6.48. The van der Waals surface area contributed by atoms with Crippen LogP contribution in [0, 0.1) is 0 Å². The third-order valence-electron chi connectivity index (χ3n) is 2.12. The summed E-state index contributed by atoms with van der Waals surface area (Å²) in [5, 5.41) is 0. The van der Waals surface area contributed by atoms with Gasteiger partial charge < -0.3 is 0 Å². The molecule has 0 amide bonds. The third-order valence-corrected chi connectivity index (χ3v) is 4.98. The van der Waals surface area contributed by atoms with Crippen LogP contribution in [0.1, 0.15) is 0 Å². The van der Waals surface area contributed by atoms with Gasteiger partial charge in [-0.25, -0.2) is 8.42 Å². The van der Waals surface area contributed by atoms with Crippen molar-refractivity contribution < 1.29 is 8.42 Å². The minimum Gasteiger partial charge on any atom is -0.279 e. The Bertz CT molecular complexity index is 660. The number of halogens is 2. The van der Waals surface area contributed by atoms with Gasteiger partial charge in [0.2, 0.25) is 0 Å². The fourth-order valence-corrected chi connectivity index (χ4v) is 3.87. The molecule has 4 nitrogen and oxygen atoms in total.